The molecule has 8 rings (SSSR count). The Kier molecular flexibility index (Phi) is 5.04. The first kappa shape index (κ1) is 23.6. The van der Waals surface area contributed by atoms with Crippen molar-refractivity contribution in [2.75, 3.05) is 52.9 Å². The zero-order chi connectivity index (χ0) is 25.8. The summed E-state index contributed by atoms with van der Waals surface area (Å²) in [5, 5.41) is 0. The number of piperazine rings is 1. The van der Waals surface area contributed by atoms with Crippen molar-refractivity contribution in [2.45, 2.75) is 69.4 Å². The Morgan fingerprint density at radius 2 is 1.82 bits per heavy atom. The van der Waals surface area contributed by atoms with Crippen LogP contribution in [0.25, 0.3) is 0 Å². The number of amides is 3. The average Bonchev–Trinajstić information content (AvgIpc) is 3.63. The highest BCUT2D eigenvalue weighted by Gasteiger charge is 2.76. The van der Waals surface area contributed by atoms with Crippen molar-refractivity contribution in [3.05, 3.63) is 29.3 Å². The van der Waals surface area contributed by atoms with Crippen LogP contribution in [-0.4, -0.2) is 96.5 Å². The highest BCUT2D eigenvalue weighted by Crippen LogP contribution is 2.75. The monoisotopic (exact) mass is 518 g/mol. The molecule has 0 aromatic heterocycles. The fraction of sp³-hybridized carbons (Fsp3) is 0.742. The van der Waals surface area contributed by atoms with Gasteiger partial charge in [0.25, 0.3) is 0 Å². The molecule has 3 heterocycles. The third-order valence-electron chi connectivity index (χ3n) is 12.2. The quantitative estimate of drug-likeness (QED) is 0.616. The second-order valence-electron chi connectivity index (χ2n) is 13.6. The van der Waals surface area contributed by atoms with E-state index in [2.05, 4.69) is 28.0 Å². The van der Waals surface area contributed by atoms with Crippen molar-refractivity contribution in [1.29, 1.82) is 0 Å². The summed E-state index contributed by atoms with van der Waals surface area (Å²) >= 11 is 0. The molecular weight excluding hydrogens is 476 g/mol. The Morgan fingerprint density at radius 3 is 2.55 bits per heavy atom. The third-order valence-corrected chi connectivity index (χ3v) is 12.2. The van der Waals surface area contributed by atoms with E-state index in [9.17, 15) is 9.59 Å². The van der Waals surface area contributed by atoms with Gasteiger partial charge in [0, 0.05) is 63.7 Å². The first-order chi connectivity index (χ1) is 18.4. The molecule has 3 amide bonds. The molecule has 0 N–H and O–H groups in total. The molecule has 7 nitrogen and oxygen atoms in total. The number of hydrogen-bond donors (Lipinski definition) is 0. The van der Waals surface area contributed by atoms with Gasteiger partial charge >= 0.3 is 6.03 Å². The van der Waals surface area contributed by atoms with Crippen molar-refractivity contribution in [3.63, 3.8) is 0 Å². The van der Waals surface area contributed by atoms with Crippen LogP contribution in [0.2, 0.25) is 0 Å². The van der Waals surface area contributed by atoms with Crippen molar-refractivity contribution in [1.82, 2.24) is 19.6 Å². The fourth-order valence-corrected chi connectivity index (χ4v) is 10.7. The lowest BCUT2D eigenvalue weighted by molar-refractivity contribution is -0.130. The predicted molar refractivity (Wildman–Crippen MR) is 144 cm³/mol. The first-order valence-electron chi connectivity index (χ1n) is 15.2. The van der Waals surface area contributed by atoms with Gasteiger partial charge in [0.15, 0.2) is 0 Å². The molecule has 4 aliphatic carbocycles. The van der Waals surface area contributed by atoms with Crippen LogP contribution in [0.1, 0.15) is 56.6 Å². The minimum Gasteiger partial charge on any atom is -0.497 e. The van der Waals surface area contributed by atoms with E-state index >= 15 is 0 Å². The van der Waals surface area contributed by atoms with Gasteiger partial charge in [-0.25, -0.2) is 4.79 Å². The summed E-state index contributed by atoms with van der Waals surface area (Å²) in [6.45, 7) is 7.68. The van der Waals surface area contributed by atoms with Crippen molar-refractivity contribution < 1.29 is 14.3 Å². The van der Waals surface area contributed by atoms with Crippen LogP contribution in [0.3, 0.4) is 0 Å². The molecule has 0 spiro atoms. The number of piperidine rings is 1. The lowest BCUT2D eigenvalue weighted by Gasteiger charge is -2.66. The van der Waals surface area contributed by atoms with E-state index in [0.29, 0.717) is 55.5 Å². The van der Waals surface area contributed by atoms with Gasteiger partial charge < -0.3 is 19.4 Å². The number of rotatable bonds is 3. The predicted octanol–water partition coefficient (Wildman–Crippen LogP) is 3.36. The smallest absolute Gasteiger partial charge is 0.320 e. The number of benzene rings is 1. The zero-order valence-corrected chi connectivity index (χ0v) is 23.0. The fourth-order valence-electron chi connectivity index (χ4n) is 10.7. The lowest BCUT2D eigenvalue weighted by Crippen LogP contribution is -2.70. The zero-order valence-electron chi connectivity index (χ0n) is 23.0. The Bertz CT molecular complexity index is 1180. The van der Waals surface area contributed by atoms with Crippen LogP contribution in [-0.2, 0) is 16.6 Å². The van der Waals surface area contributed by atoms with Gasteiger partial charge in [0.2, 0.25) is 5.91 Å². The van der Waals surface area contributed by atoms with Crippen LogP contribution in [0, 0.1) is 23.2 Å². The largest absolute Gasteiger partial charge is 0.497 e. The first-order valence-corrected chi connectivity index (χ1v) is 15.2. The molecule has 1 aromatic rings. The summed E-state index contributed by atoms with van der Waals surface area (Å²) in [4.78, 5) is 34.9. The lowest BCUT2D eigenvalue weighted by atomic mass is 9.43. The van der Waals surface area contributed by atoms with Crippen LogP contribution in [0.5, 0.6) is 5.75 Å². The highest BCUT2D eigenvalue weighted by atomic mass is 16.5. The molecular formula is C31H42N4O3. The Hall–Kier alpha value is -2.28. The van der Waals surface area contributed by atoms with E-state index < -0.39 is 0 Å². The second-order valence-corrected chi connectivity index (χ2v) is 13.6. The van der Waals surface area contributed by atoms with Crippen LogP contribution >= 0.6 is 0 Å². The minimum atomic E-state index is 0.115. The molecule has 1 aromatic carbocycles. The second kappa shape index (κ2) is 8.12. The number of fused-ring (bicyclic) bond motifs is 1. The molecule has 3 saturated carbocycles. The number of urea groups is 1. The maximum atomic E-state index is 14.0. The average molecular weight is 519 g/mol. The Balaban J connectivity index is 1.15. The number of likely N-dealkylation sites (tertiary alicyclic amines) is 2. The number of methoxy groups -OCH3 is 1. The third kappa shape index (κ3) is 3.00. The van der Waals surface area contributed by atoms with E-state index in [1.54, 1.807) is 25.2 Å². The molecule has 0 radical (unpaired) electrons. The van der Waals surface area contributed by atoms with Crippen LogP contribution in [0.4, 0.5) is 4.79 Å². The van der Waals surface area contributed by atoms with Gasteiger partial charge in [-0.2, -0.15) is 0 Å². The molecule has 6 atom stereocenters. The van der Waals surface area contributed by atoms with Crippen molar-refractivity contribution in [2.24, 2.45) is 23.2 Å². The standard InChI is InChI=1S/C31H42N4O3/c1-20(36)32-11-13-33(14-12-32)29(37)35-19-23-17-30-8-7-26(35)28(23)31(30)9-10-34(18-21-3-4-21)27(30)15-22-5-6-24(38-2)16-25(22)31/h5-6,16,21,23,26-28H,3-4,7-15,17-19H2,1-2H3/t23-,26?,27-,28?,30-,31+/m1/s1. The van der Waals surface area contributed by atoms with Crippen molar-refractivity contribution >= 4 is 11.9 Å². The number of ether oxygens (including phenoxy) is 1. The Morgan fingerprint density at radius 1 is 1.03 bits per heavy atom. The summed E-state index contributed by atoms with van der Waals surface area (Å²) < 4.78 is 5.79. The summed E-state index contributed by atoms with van der Waals surface area (Å²) in [5.74, 6) is 3.16. The number of carbonyl (C=O) groups is 2. The van der Waals surface area contributed by atoms with Gasteiger partial charge in [0.1, 0.15) is 5.75 Å². The molecule has 6 fully saturated rings. The number of hydrogen-bond acceptors (Lipinski definition) is 4. The molecule has 7 aliphatic rings. The summed E-state index contributed by atoms with van der Waals surface area (Å²) in [5.41, 5.74) is 3.61. The topological polar surface area (TPSA) is 56.3 Å². The van der Waals surface area contributed by atoms with Gasteiger partial charge in [-0.15, -0.1) is 0 Å². The van der Waals surface area contributed by atoms with Gasteiger partial charge in [-0.1, -0.05) is 6.07 Å². The molecule has 7 heteroatoms. The maximum absolute atomic E-state index is 14.0. The molecule has 204 valence electrons. The SMILES string of the molecule is COc1ccc2c(c1)[C@]13CCN(CC4CC4)[C@H](C2)[C@]12CCC1C3[C@@H](CN1C(=O)N1CCN(C(C)=O)CC1)C2. The summed E-state index contributed by atoms with van der Waals surface area (Å²) in [6, 6.07) is 8.14. The maximum Gasteiger partial charge on any atom is 0.320 e. The van der Waals surface area contributed by atoms with Gasteiger partial charge in [-0.3, -0.25) is 9.69 Å². The van der Waals surface area contributed by atoms with Gasteiger partial charge in [0.05, 0.1) is 7.11 Å². The minimum absolute atomic E-state index is 0.115. The highest BCUT2D eigenvalue weighted by molar-refractivity contribution is 5.77. The van der Waals surface area contributed by atoms with Crippen LogP contribution in [0.15, 0.2) is 18.2 Å². The van der Waals surface area contributed by atoms with E-state index in [1.807, 2.05) is 9.80 Å². The Labute approximate surface area is 226 Å². The number of nitrogens with zero attached hydrogens (tertiary/aromatic N) is 4. The molecule has 38 heavy (non-hydrogen) atoms. The van der Waals surface area contributed by atoms with Gasteiger partial charge in [-0.05, 0) is 97.9 Å². The summed E-state index contributed by atoms with van der Waals surface area (Å²) in [7, 11) is 1.80. The normalized spacial score (nSPS) is 39.2. The molecule has 4 bridgehead atoms. The van der Waals surface area contributed by atoms with Crippen molar-refractivity contribution in [3.8, 4) is 5.75 Å². The summed E-state index contributed by atoms with van der Waals surface area (Å²) in [6.07, 6.45) is 8.91. The molecule has 3 saturated heterocycles. The molecule has 2 unspecified atom stereocenters. The van der Waals surface area contributed by atoms with E-state index in [1.165, 1.54) is 51.6 Å². The van der Waals surface area contributed by atoms with E-state index in [4.69, 9.17) is 4.74 Å². The van der Waals surface area contributed by atoms with Crippen LogP contribution < -0.4 is 4.74 Å². The van der Waals surface area contributed by atoms with E-state index in [-0.39, 0.29) is 17.4 Å². The van der Waals surface area contributed by atoms with E-state index in [0.717, 1.165) is 24.6 Å². The number of carbonyl (C=O) groups excluding carboxylic acids is 2. The molecule has 3 aliphatic heterocycles.